The lowest BCUT2D eigenvalue weighted by Crippen LogP contribution is -1.90. The minimum atomic E-state index is 0.461. The SMILES string of the molecule is C=C(C)CC(C)c1ccco1. The molecule has 11 heavy (non-hydrogen) atoms. The first-order valence-corrected chi connectivity index (χ1v) is 3.88. The van der Waals surface area contributed by atoms with E-state index >= 15 is 0 Å². The first kappa shape index (κ1) is 8.12. The lowest BCUT2D eigenvalue weighted by molar-refractivity contribution is 0.472. The van der Waals surface area contributed by atoms with E-state index < -0.39 is 0 Å². The van der Waals surface area contributed by atoms with Gasteiger partial charge in [-0.2, -0.15) is 0 Å². The summed E-state index contributed by atoms with van der Waals surface area (Å²) < 4.78 is 5.26. The zero-order valence-corrected chi connectivity index (χ0v) is 7.13. The zero-order valence-electron chi connectivity index (χ0n) is 7.13. The van der Waals surface area contributed by atoms with Crippen molar-refractivity contribution >= 4 is 0 Å². The highest BCUT2D eigenvalue weighted by molar-refractivity contribution is 5.07. The molecule has 1 unspecified atom stereocenters. The van der Waals surface area contributed by atoms with Crippen LogP contribution in [-0.4, -0.2) is 0 Å². The second-order valence-corrected chi connectivity index (χ2v) is 3.08. The fourth-order valence-corrected chi connectivity index (χ4v) is 1.19. The molecule has 0 aliphatic rings. The van der Waals surface area contributed by atoms with Gasteiger partial charge in [-0.15, -0.1) is 6.58 Å². The van der Waals surface area contributed by atoms with Crippen LogP contribution in [0.25, 0.3) is 0 Å². The standard InChI is InChI=1S/C10H14O/c1-8(2)7-9(3)10-5-4-6-11-10/h4-6,9H,1,7H2,2-3H3. The van der Waals surface area contributed by atoms with Crippen molar-refractivity contribution in [1.29, 1.82) is 0 Å². The molecule has 1 rings (SSSR count). The molecule has 0 spiro atoms. The second kappa shape index (κ2) is 3.42. The fourth-order valence-electron chi connectivity index (χ4n) is 1.19. The minimum absolute atomic E-state index is 0.461. The van der Waals surface area contributed by atoms with Crippen molar-refractivity contribution in [3.05, 3.63) is 36.3 Å². The highest BCUT2D eigenvalue weighted by Crippen LogP contribution is 2.21. The predicted molar refractivity (Wildman–Crippen MR) is 46.6 cm³/mol. The van der Waals surface area contributed by atoms with Crippen LogP contribution in [0, 0.1) is 0 Å². The van der Waals surface area contributed by atoms with Crippen LogP contribution in [0.3, 0.4) is 0 Å². The zero-order chi connectivity index (χ0) is 8.27. The predicted octanol–water partition coefficient (Wildman–Crippen LogP) is 3.35. The summed E-state index contributed by atoms with van der Waals surface area (Å²) in [5.41, 5.74) is 1.20. The van der Waals surface area contributed by atoms with Crippen molar-refractivity contribution in [3.63, 3.8) is 0 Å². The van der Waals surface area contributed by atoms with Crippen LogP contribution in [-0.2, 0) is 0 Å². The maximum Gasteiger partial charge on any atom is 0.106 e. The van der Waals surface area contributed by atoms with Crippen molar-refractivity contribution < 1.29 is 4.42 Å². The van der Waals surface area contributed by atoms with Crippen molar-refractivity contribution in [1.82, 2.24) is 0 Å². The van der Waals surface area contributed by atoms with Gasteiger partial charge in [-0.3, -0.25) is 0 Å². The molecule has 1 nitrogen and oxygen atoms in total. The Morgan fingerprint density at radius 2 is 2.45 bits per heavy atom. The molecular weight excluding hydrogens is 136 g/mol. The summed E-state index contributed by atoms with van der Waals surface area (Å²) in [6, 6.07) is 3.93. The van der Waals surface area contributed by atoms with E-state index in [2.05, 4.69) is 13.5 Å². The van der Waals surface area contributed by atoms with Crippen molar-refractivity contribution in [3.8, 4) is 0 Å². The molecule has 0 N–H and O–H groups in total. The Morgan fingerprint density at radius 3 is 2.91 bits per heavy atom. The molecular formula is C10H14O. The van der Waals surface area contributed by atoms with Crippen LogP contribution >= 0.6 is 0 Å². The number of hydrogen-bond acceptors (Lipinski definition) is 1. The minimum Gasteiger partial charge on any atom is -0.469 e. The molecule has 1 heteroatoms. The summed E-state index contributed by atoms with van der Waals surface area (Å²) in [4.78, 5) is 0. The third-order valence-electron chi connectivity index (χ3n) is 1.68. The van der Waals surface area contributed by atoms with Gasteiger partial charge < -0.3 is 4.42 Å². The van der Waals surface area contributed by atoms with Crippen LogP contribution < -0.4 is 0 Å². The molecule has 60 valence electrons. The van der Waals surface area contributed by atoms with Gasteiger partial charge in [0, 0.05) is 5.92 Å². The fraction of sp³-hybridized carbons (Fsp3) is 0.400. The number of rotatable bonds is 3. The van der Waals surface area contributed by atoms with Crippen LogP contribution in [0.2, 0.25) is 0 Å². The molecule has 0 bridgehead atoms. The van der Waals surface area contributed by atoms with E-state index in [1.807, 2.05) is 19.1 Å². The maximum atomic E-state index is 5.26. The first-order chi connectivity index (χ1) is 5.20. The van der Waals surface area contributed by atoms with Gasteiger partial charge in [-0.05, 0) is 25.5 Å². The van der Waals surface area contributed by atoms with Gasteiger partial charge in [0.1, 0.15) is 5.76 Å². The van der Waals surface area contributed by atoms with E-state index in [4.69, 9.17) is 4.42 Å². The third kappa shape index (κ3) is 2.26. The largest absolute Gasteiger partial charge is 0.469 e. The molecule has 0 aliphatic heterocycles. The molecule has 1 aromatic rings. The normalized spacial score (nSPS) is 12.9. The molecule has 1 heterocycles. The van der Waals surface area contributed by atoms with Gasteiger partial charge in [0.2, 0.25) is 0 Å². The summed E-state index contributed by atoms with van der Waals surface area (Å²) in [5, 5.41) is 0. The highest BCUT2D eigenvalue weighted by atomic mass is 16.3. The quantitative estimate of drug-likeness (QED) is 0.602. The Labute approximate surface area is 67.7 Å². The van der Waals surface area contributed by atoms with Crippen molar-refractivity contribution in [2.24, 2.45) is 0 Å². The Hall–Kier alpha value is -0.980. The van der Waals surface area contributed by atoms with E-state index in [1.165, 1.54) is 5.57 Å². The number of allylic oxidation sites excluding steroid dienone is 1. The average Bonchev–Trinajstić information content (AvgIpc) is 2.35. The lowest BCUT2D eigenvalue weighted by Gasteiger charge is -2.06. The van der Waals surface area contributed by atoms with Crippen LogP contribution in [0.5, 0.6) is 0 Å². The Kier molecular flexibility index (Phi) is 2.53. The van der Waals surface area contributed by atoms with E-state index in [9.17, 15) is 0 Å². The van der Waals surface area contributed by atoms with Gasteiger partial charge in [0.25, 0.3) is 0 Å². The highest BCUT2D eigenvalue weighted by Gasteiger charge is 2.06. The molecule has 0 saturated carbocycles. The molecule has 0 amide bonds. The molecule has 0 fully saturated rings. The van der Waals surface area contributed by atoms with Crippen molar-refractivity contribution in [2.75, 3.05) is 0 Å². The molecule has 1 aromatic heterocycles. The van der Waals surface area contributed by atoms with Crippen molar-refractivity contribution in [2.45, 2.75) is 26.2 Å². The van der Waals surface area contributed by atoms with Crippen LogP contribution in [0.4, 0.5) is 0 Å². The molecule has 0 aliphatic carbocycles. The Morgan fingerprint density at radius 1 is 1.73 bits per heavy atom. The van der Waals surface area contributed by atoms with E-state index in [0.717, 1.165) is 12.2 Å². The Bertz CT molecular complexity index is 221. The monoisotopic (exact) mass is 150 g/mol. The molecule has 0 aromatic carbocycles. The summed E-state index contributed by atoms with van der Waals surface area (Å²) in [6.07, 6.45) is 2.72. The van der Waals surface area contributed by atoms with Crippen LogP contribution in [0.1, 0.15) is 31.9 Å². The van der Waals surface area contributed by atoms with Gasteiger partial charge in [-0.25, -0.2) is 0 Å². The molecule has 1 atom stereocenters. The van der Waals surface area contributed by atoms with Gasteiger partial charge in [-0.1, -0.05) is 12.5 Å². The lowest BCUT2D eigenvalue weighted by atomic mass is 10.0. The first-order valence-electron chi connectivity index (χ1n) is 3.88. The third-order valence-corrected chi connectivity index (χ3v) is 1.68. The average molecular weight is 150 g/mol. The van der Waals surface area contributed by atoms with Gasteiger partial charge in [0.05, 0.1) is 6.26 Å². The molecule has 0 radical (unpaired) electrons. The van der Waals surface area contributed by atoms with Crippen LogP contribution in [0.15, 0.2) is 35.0 Å². The van der Waals surface area contributed by atoms with Gasteiger partial charge in [0.15, 0.2) is 0 Å². The summed E-state index contributed by atoms with van der Waals surface area (Å²) in [7, 11) is 0. The summed E-state index contributed by atoms with van der Waals surface area (Å²) >= 11 is 0. The van der Waals surface area contributed by atoms with Gasteiger partial charge >= 0.3 is 0 Å². The number of furan rings is 1. The van der Waals surface area contributed by atoms with E-state index in [-0.39, 0.29) is 0 Å². The smallest absolute Gasteiger partial charge is 0.106 e. The molecule has 0 saturated heterocycles. The second-order valence-electron chi connectivity index (χ2n) is 3.08. The van der Waals surface area contributed by atoms with E-state index in [0.29, 0.717) is 5.92 Å². The summed E-state index contributed by atoms with van der Waals surface area (Å²) in [6.45, 7) is 8.05. The van der Waals surface area contributed by atoms with E-state index in [1.54, 1.807) is 6.26 Å². The Balaban J connectivity index is 2.56. The topological polar surface area (TPSA) is 13.1 Å². The number of hydrogen-bond donors (Lipinski definition) is 0. The summed E-state index contributed by atoms with van der Waals surface area (Å²) in [5.74, 6) is 1.51. The maximum absolute atomic E-state index is 5.26.